The fraction of sp³-hybridized carbons (Fsp3) is 0.263. The lowest BCUT2D eigenvalue weighted by atomic mass is 9.96. The smallest absolute Gasteiger partial charge is 0.240 e. The number of halogens is 1. The third-order valence-electron chi connectivity index (χ3n) is 3.69. The van der Waals surface area contributed by atoms with E-state index in [0.29, 0.717) is 0 Å². The lowest BCUT2D eigenvalue weighted by molar-refractivity contribution is -0.125. The minimum absolute atomic E-state index is 0. The van der Waals surface area contributed by atoms with Crippen molar-refractivity contribution in [3.63, 3.8) is 0 Å². The van der Waals surface area contributed by atoms with Gasteiger partial charge in [0, 0.05) is 0 Å². The van der Waals surface area contributed by atoms with Crippen LogP contribution in [0.2, 0.25) is 0 Å². The molecule has 0 spiro atoms. The van der Waals surface area contributed by atoms with Gasteiger partial charge in [0.15, 0.2) is 0 Å². The van der Waals surface area contributed by atoms with Gasteiger partial charge in [0.25, 0.3) is 0 Å². The molecule has 0 aromatic heterocycles. The number of aryl methyl sites for hydroxylation is 2. The largest absolute Gasteiger partial charge is 0.346 e. The number of nitrogens with one attached hydrogen (secondary N) is 2. The molecule has 4 N–H and O–H groups in total. The van der Waals surface area contributed by atoms with Crippen LogP contribution in [0.5, 0.6) is 0 Å². The van der Waals surface area contributed by atoms with Crippen LogP contribution in [0.25, 0.3) is 0 Å². The third kappa shape index (κ3) is 6.21. The first-order valence-electron chi connectivity index (χ1n) is 7.89. The van der Waals surface area contributed by atoms with Gasteiger partial charge < -0.3 is 16.4 Å². The summed E-state index contributed by atoms with van der Waals surface area (Å²) in [6.45, 7) is 3.80. The van der Waals surface area contributed by atoms with E-state index < -0.39 is 0 Å². The zero-order chi connectivity index (χ0) is 17.5. The minimum atomic E-state index is -0.354. The highest BCUT2D eigenvalue weighted by atomic mass is 35.5. The summed E-state index contributed by atoms with van der Waals surface area (Å²) in [5, 5.41) is 5.48. The number of nitrogens with two attached hydrogens (primary N) is 1. The highest BCUT2D eigenvalue weighted by molar-refractivity contribution is 5.86. The second-order valence-electron chi connectivity index (χ2n) is 5.81. The molecule has 2 aromatic carbocycles. The quantitative estimate of drug-likeness (QED) is 0.735. The normalized spacial score (nSPS) is 10.1. The van der Waals surface area contributed by atoms with Crippen molar-refractivity contribution in [1.82, 2.24) is 10.6 Å². The van der Waals surface area contributed by atoms with Crippen molar-refractivity contribution in [2.45, 2.75) is 19.9 Å². The van der Waals surface area contributed by atoms with Gasteiger partial charge >= 0.3 is 0 Å². The molecule has 0 aliphatic carbocycles. The Kier molecular flexibility index (Phi) is 8.11. The van der Waals surface area contributed by atoms with Gasteiger partial charge in [0.2, 0.25) is 11.8 Å². The monoisotopic (exact) mass is 361 g/mol. The van der Waals surface area contributed by atoms with Gasteiger partial charge in [0.1, 0.15) is 0 Å². The first-order chi connectivity index (χ1) is 11.5. The average molecular weight is 362 g/mol. The van der Waals surface area contributed by atoms with Crippen LogP contribution in [0, 0.1) is 13.8 Å². The summed E-state index contributed by atoms with van der Waals surface area (Å²) in [6.07, 6.45) is 0. The Balaban J connectivity index is 0.00000312. The van der Waals surface area contributed by atoms with Crippen LogP contribution in [0.3, 0.4) is 0 Å². The van der Waals surface area contributed by atoms with Crippen molar-refractivity contribution in [2.24, 2.45) is 5.73 Å². The highest BCUT2D eigenvalue weighted by Crippen LogP contribution is 2.23. The van der Waals surface area contributed by atoms with Gasteiger partial charge in [-0.1, -0.05) is 59.7 Å². The lowest BCUT2D eigenvalue weighted by Gasteiger charge is -2.21. The molecule has 2 aromatic rings. The highest BCUT2D eigenvalue weighted by Gasteiger charge is 2.17. The molecule has 0 bridgehead atoms. The maximum absolute atomic E-state index is 12.2. The number of amides is 2. The molecule has 0 radical (unpaired) electrons. The van der Waals surface area contributed by atoms with Crippen LogP contribution in [-0.4, -0.2) is 24.9 Å². The molecule has 0 unspecified atom stereocenters. The number of hydrogen-bond donors (Lipinski definition) is 3. The lowest BCUT2D eigenvalue weighted by Crippen LogP contribution is -2.41. The molecule has 5 nitrogen and oxygen atoms in total. The summed E-state index contributed by atoms with van der Waals surface area (Å²) in [5.41, 5.74) is 9.47. The number of carbonyl (C=O) groups excluding carboxylic acids is 2. The first-order valence-corrected chi connectivity index (χ1v) is 7.89. The number of hydrogen-bond acceptors (Lipinski definition) is 3. The molecule has 0 aliphatic rings. The molecular formula is C19H24ClN3O2. The molecular weight excluding hydrogens is 338 g/mol. The molecule has 2 amide bonds. The summed E-state index contributed by atoms with van der Waals surface area (Å²) in [7, 11) is 0. The van der Waals surface area contributed by atoms with E-state index in [9.17, 15) is 9.59 Å². The Morgan fingerprint density at radius 1 is 0.960 bits per heavy atom. The van der Waals surface area contributed by atoms with Gasteiger partial charge in [-0.15, -0.1) is 12.4 Å². The summed E-state index contributed by atoms with van der Waals surface area (Å²) < 4.78 is 0. The zero-order valence-corrected chi connectivity index (χ0v) is 15.2. The van der Waals surface area contributed by atoms with E-state index in [-0.39, 0.29) is 43.4 Å². The predicted molar refractivity (Wildman–Crippen MR) is 102 cm³/mol. The summed E-state index contributed by atoms with van der Waals surface area (Å²) in [5.74, 6) is -0.613. The predicted octanol–water partition coefficient (Wildman–Crippen LogP) is 2.01. The maximum atomic E-state index is 12.2. The molecule has 0 saturated heterocycles. The number of carbonyl (C=O) groups is 2. The van der Waals surface area contributed by atoms with Crippen LogP contribution < -0.4 is 16.4 Å². The summed E-state index contributed by atoms with van der Waals surface area (Å²) in [6, 6.07) is 15.8. The van der Waals surface area contributed by atoms with E-state index in [2.05, 4.69) is 10.6 Å². The van der Waals surface area contributed by atoms with Crippen molar-refractivity contribution in [1.29, 1.82) is 0 Å². The van der Waals surface area contributed by atoms with Crippen LogP contribution in [0.4, 0.5) is 0 Å². The minimum Gasteiger partial charge on any atom is -0.346 e. The summed E-state index contributed by atoms with van der Waals surface area (Å²) in [4.78, 5) is 23.4. The molecule has 0 heterocycles. The van der Waals surface area contributed by atoms with Gasteiger partial charge in [-0.25, -0.2) is 0 Å². The van der Waals surface area contributed by atoms with Crippen molar-refractivity contribution in [3.05, 3.63) is 70.8 Å². The second kappa shape index (κ2) is 9.81. The number of benzene rings is 2. The average Bonchev–Trinajstić information content (AvgIpc) is 2.57. The summed E-state index contributed by atoms with van der Waals surface area (Å²) >= 11 is 0. The van der Waals surface area contributed by atoms with Gasteiger partial charge in [-0.05, 0) is 25.0 Å². The third-order valence-corrected chi connectivity index (χ3v) is 3.69. The second-order valence-corrected chi connectivity index (χ2v) is 5.81. The zero-order valence-electron chi connectivity index (χ0n) is 14.4. The molecule has 0 saturated carbocycles. The number of rotatable bonds is 6. The molecule has 25 heavy (non-hydrogen) atoms. The van der Waals surface area contributed by atoms with Crippen molar-refractivity contribution >= 4 is 24.2 Å². The molecule has 0 fully saturated rings. The molecule has 2 rings (SSSR count). The SMILES string of the molecule is Cc1cccc(C(NC(=O)CNC(=O)CN)c2cccc(C)c2)c1.Cl. The maximum Gasteiger partial charge on any atom is 0.240 e. The van der Waals surface area contributed by atoms with E-state index in [0.717, 1.165) is 22.3 Å². The van der Waals surface area contributed by atoms with Crippen molar-refractivity contribution in [3.8, 4) is 0 Å². The topological polar surface area (TPSA) is 84.2 Å². The van der Waals surface area contributed by atoms with Gasteiger partial charge in [-0.2, -0.15) is 0 Å². The molecule has 0 atom stereocenters. The van der Waals surface area contributed by atoms with E-state index in [1.54, 1.807) is 0 Å². The van der Waals surface area contributed by atoms with E-state index in [1.807, 2.05) is 62.4 Å². The van der Waals surface area contributed by atoms with Crippen LogP contribution in [-0.2, 0) is 9.59 Å². The van der Waals surface area contributed by atoms with Gasteiger partial charge in [0.05, 0.1) is 19.1 Å². The van der Waals surface area contributed by atoms with E-state index >= 15 is 0 Å². The Morgan fingerprint density at radius 3 is 1.92 bits per heavy atom. The van der Waals surface area contributed by atoms with E-state index in [4.69, 9.17) is 5.73 Å². The molecule has 134 valence electrons. The molecule has 0 aliphatic heterocycles. The Morgan fingerprint density at radius 2 is 1.48 bits per heavy atom. The van der Waals surface area contributed by atoms with Crippen molar-refractivity contribution < 1.29 is 9.59 Å². The van der Waals surface area contributed by atoms with Gasteiger partial charge in [-0.3, -0.25) is 9.59 Å². The standard InChI is InChI=1S/C19H23N3O2.ClH/c1-13-5-3-7-15(9-13)19(16-8-4-6-14(2)10-16)22-18(24)12-21-17(23)11-20;/h3-10,19H,11-12,20H2,1-2H3,(H,21,23)(H,22,24);1H. The van der Waals surface area contributed by atoms with Crippen LogP contribution >= 0.6 is 12.4 Å². The Bertz CT molecular complexity index is 689. The fourth-order valence-corrected chi connectivity index (χ4v) is 2.52. The van der Waals surface area contributed by atoms with E-state index in [1.165, 1.54) is 0 Å². The first kappa shape index (κ1) is 20.7. The molecule has 6 heteroatoms. The Labute approximate surface area is 154 Å². The van der Waals surface area contributed by atoms with Crippen molar-refractivity contribution in [2.75, 3.05) is 13.1 Å². The Hall–Kier alpha value is -2.37. The fourth-order valence-electron chi connectivity index (χ4n) is 2.52. The van der Waals surface area contributed by atoms with Crippen LogP contribution in [0.1, 0.15) is 28.3 Å². The van der Waals surface area contributed by atoms with Crippen LogP contribution in [0.15, 0.2) is 48.5 Å².